The average molecular weight is 579 g/mol. The standard InChI is InChI=1S/C35H38N4O4/c1-35(2,37-22-28-10-7-19-43-28)21-33(41)38-30-18-17-26-8-4-6-12-31(26)39(34(30)42)23-24-13-15-25(16-14-24)29-11-5-3-9-27(29)20-32(36)40/h3-16,19,30,37H,17-18,20-23H2,1-2H3,(H2,36,40)(H,38,41)/t30-/m1/s1. The second-order valence-electron chi connectivity index (χ2n) is 11.7. The van der Waals surface area contributed by atoms with Crippen molar-refractivity contribution in [2.75, 3.05) is 4.90 Å². The summed E-state index contributed by atoms with van der Waals surface area (Å²) < 4.78 is 5.39. The van der Waals surface area contributed by atoms with Gasteiger partial charge in [0.05, 0.1) is 25.8 Å². The molecule has 1 aliphatic heterocycles. The van der Waals surface area contributed by atoms with E-state index in [4.69, 9.17) is 10.2 Å². The molecule has 0 saturated carbocycles. The lowest BCUT2D eigenvalue weighted by Crippen LogP contribution is -2.50. The normalized spacial score (nSPS) is 15.1. The maximum atomic E-state index is 14.0. The van der Waals surface area contributed by atoms with Gasteiger partial charge >= 0.3 is 0 Å². The van der Waals surface area contributed by atoms with Crippen LogP contribution in [0.4, 0.5) is 5.69 Å². The lowest BCUT2D eigenvalue weighted by Gasteiger charge is -2.29. The zero-order valence-corrected chi connectivity index (χ0v) is 24.6. The van der Waals surface area contributed by atoms with Crippen molar-refractivity contribution in [3.8, 4) is 11.1 Å². The van der Waals surface area contributed by atoms with Crippen molar-refractivity contribution < 1.29 is 18.8 Å². The Hall–Kier alpha value is -4.69. The Kier molecular flexibility index (Phi) is 9.07. The zero-order valence-electron chi connectivity index (χ0n) is 24.6. The summed E-state index contributed by atoms with van der Waals surface area (Å²) >= 11 is 0. The molecule has 1 atom stereocenters. The average Bonchev–Trinajstić information content (AvgIpc) is 3.47. The number of aryl methyl sites for hydroxylation is 1. The third kappa shape index (κ3) is 7.59. The number of carbonyl (C=O) groups excluding carboxylic acids is 3. The van der Waals surface area contributed by atoms with Gasteiger partial charge in [0, 0.05) is 17.6 Å². The first-order valence-electron chi connectivity index (χ1n) is 14.6. The van der Waals surface area contributed by atoms with Gasteiger partial charge in [-0.15, -0.1) is 0 Å². The molecule has 5 rings (SSSR count). The van der Waals surface area contributed by atoms with Crippen LogP contribution in [0, 0.1) is 0 Å². The quantitative estimate of drug-likeness (QED) is 0.234. The molecule has 43 heavy (non-hydrogen) atoms. The second-order valence-corrected chi connectivity index (χ2v) is 11.7. The summed E-state index contributed by atoms with van der Waals surface area (Å²) in [7, 11) is 0. The number of amides is 3. The summed E-state index contributed by atoms with van der Waals surface area (Å²) in [4.78, 5) is 40.5. The fourth-order valence-corrected chi connectivity index (χ4v) is 5.58. The van der Waals surface area contributed by atoms with E-state index in [1.54, 1.807) is 11.2 Å². The monoisotopic (exact) mass is 578 g/mol. The summed E-state index contributed by atoms with van der Waals surface area (Å²) in [6, 6.07) is 26.7. The van der Waals surface area contributed by atoms with E-state index in [0.717, 1.165) is 39.3 Å². The number of carbonyl (C=O) groups is 3. The maximum Gasteiger partial charge on any atom is 0.249 e. The molecule has 0 aliphatic carbocycles. The molecule has 0 fully saturated rings. The van der Waals surface area contributed by atoms with Crippen LogP contribution in [0.1, 0.15) is 49.1 Å². The highest BCUT2D eigenvalue weighted by atomic mass is 16.3. The molecule has 4 N–H and O–H groups in total. The highest BCUT2D eigenvalue weighted by molar-refractivity contribution is 6.00. The number of hydrogen-bond donors (Lipinski definition) is 3. The number of primary amides is 1. The van der Waals surface area contributed by atoms with Crippen LogP contribution in [0.2, 0.25) is 0 Å². The number of fused-ring (bicyclic) bond motifs is 1. The molecule has 8 heteroatoms. The van der Waals surface area contributed by atoms with Crippen molar-refractivity contribution in [3.63, 3.8) is 0 Å². The van der Waals surface area contributed by atoms with Crippen LogP contribution >= 0.6 is 0 Å². The first-order valence-corrected chi connectivity index (χ1v) is 14.6. The van der Waals surface area contributed by atoms with Crippen molar-refractivity contribution in [2.24, 2.45) is 5.73 Å². The van der Waals surface area contributed by atoms with Gasteiger partial charge in [0.1, 0.15) is 11.8 Å². The third-order valence-corrected chi connectivity index (χ3v) is 7.80. The van der Waals surface area contributed by atoms with Crippen molar-refractivity contribution in [2.45, 2.75) is 64.2 Å². The third-order valence-electron chi connectivity index (χ3n) is 7.80. The highest BCUT2D eigenvalue weighted by Crippen LogP contribution is 2.30. The molecule has 0 radical (unpaired) electrons. The molecule has 1 aromatic heterocycles. The molecule has 0 saturated heterocycles. The lowest BCUT2D eigenvalue weighted by atomic mass is 9.96. The number of furan rings is 1. The minimum absolute atomic E-state index is 0.129. The molecule has 0 unspecified atom stereocenters. The first kappa shape index (κ1) is 29.8. The van der Waals surface area contributed by atoms with Gasteiger partial charge in [-0.05, 0) is 72.7 Å². The van der Waals surface area contributed by atoms with E-state index in [-0.39, 0.29) is 30.6 Å². The largest absolute Gasteiger partial charge is 0.468 e. The highest BCUT2D eigenvalue weighted by Gasteiger charge is 2.32. The van der Waals surface area contributed by atoms with Crippen molar-refractivity contribution >= 4 is 23.4 Å². The van der Waals surface area contributed by atoms with Crippen molar-refractivity contribution in [1.82, 2.24) is 10.6 Å². The Bertz CT molecular complexity index is 1580. The van der Waals surface area contributed by atoms with Gasteiger partial charge in [-0.2, -0.15) is 0 Å². The molecule has 0 bridgehead atoms. The number of nitrogens with two attached hydrogens (primary N) is 1. The predicted octanol–water partition coefficient (Wildman–Crippen LogP) is 4.90. The second kappa shape index (κ2) is 13.1. The van der Waals surface area contributed by atoms with Gasteiger partial charge < -0.3 is 25.7 Å². The van der Waals surface area contributed by atoms with E-state index in [9.17, 15) is 14.4 Å². The molecule has 8 nitrogen and oxygen atoms in total. The summed E-state index contributed by atoms with van der Waals surface area (Å²) in [5, 5.41) is 6.39. The molecule has 0 spiro atoms. The summed E-state index contributed by atoms with van der Waals surface area (Å²) in [5.74, 6) is 0.109. The Morgan fingerprint density at radius 2 is 1.72 bits per heavy atom. The van der Waals surface area contributed by atoms with Crippen LogP contribution in [-0.4, -0.2) is 29.3 Å². The van der Waals surface area contributed by atoms with Gasteiger partial charge in [0.25, 0.3) is 0 Å². The number of para-hydroxylation sites is 1. The Labute approximate surface area is 252 Å². The number of nitrogens with one attached hydrogen (secondary N) is 2. The maximum absolute atomic E-state index is 14.0. The summed E-state index contributed by atoms with van der Waals surface area (Å²) in [6.07, 6.45) is 3.20. The molecular weight excluding hydrogens is 540 g/mol. The van der Waals surface area contributed by atoms with E-state index in [1.807, 2.05) is 98.8 Å². The van der Waals surface area contributed by atoms with E-state index in [0.29, 0.717) is 25.9 Å². The smallest absolute Gasteiger partial charge is 0.249 e. The van der Waals surface area contributed by atoms with Crippen LogP contribution in [0.3, 0.4) is 0 Å². The van der Waals surface area contributed by atoms with Gasteiger partial charge in [-0.1, -0.05) is 66.7 Å². The van der Waals surface area contributed by atoms with E-state index in [2.05, 4.69) is 10.6 Å². The molecule has 2 heterocycles. The van der Waals surface area contributed by atoms with Gasteiger partial charge in [0.2, 0.25) is 17.7 Å². The van der Waals surface area contributed by atoms with Crippen LogP contribution in [0.15, 0.2) is 95.6 Å². The fourth-order valence-electron chi connectivity index (χ4n) is 5.58. The Balaban J connectivity index is 1.30. The number of rotatable bonds is 11. The number of benzene rings is 3. The minimum Gasteiger partial charge on any atom is -0.468 e. The van der Waals surface area contributed by atoms with E-state index >= 15 is 0 Å². The minimum atomic E-state index is -0.638. The van der Waals surface area contributed by atoms with Crippen LogP contribution in [-0.2, 0) is 40.3 Å². The van der Waals surface area contributed by atoms with E-state index < -0.39 is 11.6 Å². The summed E-state index contributed by atoms with van der Waals surface area (Å²) in [6.45, 7) is 4.79. The summed E-state index contributed by atoms with van der Waals surface area (Å²) in [5.41, 5.74) is 10.6. The Morgan fingerprint density at radius 3 is 2.47 bits per heavy atom. The van der Waals surface area contributed by atoms with Crippen LogP contribution < -0.4 is 21.3 Å². The van der Waals surface area contributed by atoms with Crippen LogP contribution in [0.25, 0.3) is 11.1 Å². The SMILES string of the molecule is CC(C)(CC(=O)N[C@@H]1CCc2ccccc2N(Cc2ccc(-c3ccccc3CC(N)=O)cc2)C1=O)NCc1ccco1. The molecule has 3 amide bonds. The fraction of sp³-hybridized carbons (Fsp3) is 0.286. The Morgan fingerprint density at radius 1 is 0.977 bits per heavy atom. The molecule has 222 valence electrons. The molecule has 3 aromatic carbocycles. The molecule has 1 aliphatic rings. The topological polar surface area (TPSA) is 118 Å². The van der Waals surface area contributed by atoms with Crippen LogP contribution in [0.5, 0.6) is 0 Å². The first-order chi connectivity index (χ1) is 20.7. The van der Waals surface area contributed by atoms with Gasteiger partial charge in [-0.3, -0.25) is 14.4 Å². The lowest BCUT2D eigenvalue weighted by molar-refractivity contribution is -0.128. The number of anilines is 1. The predicted molar refractivity (Wildman–Crippen MR) is 167 cm³/mol. The van der Waals surface area contributed by atoms with E-state index in [1.165, 1.54) is 0 Å². The number of hydrogen-bond acceptors (Lipinski definition) is 5. The van der Waals surface area contributed by atoms with Gasteiger partial charge in [-0.25, -0.2) is 0 Å². The molecular formula is C35H38N4O4. The van der Waals surface area contributed by atoms with Crippen molar-refractivity contribution in [3.05, 3.63) is 114 Å². The van der Waals surface area contributed by atoms with Crippen molar-refractivity contribution in [1.29, 1.82) is 0 Å². The number of nitrogens with zero attached hydrogens (tertiary/aromatic N) is 1. The zero-order chi connectivity index (χ0) is 30.4. The van der Waals surface area contributed by atoms with Gasteiger partial charge in [0.15, 0.2) is 0 Å². The molecule has 4 aromatic rings.